The highest BCUT2D eigenvalue weighted by Gasteiger charge is 2.51. The van der Waals surface area contributed by atoms with E-state index in [2.05, 4.69) is 55.6 Å². The molecule has 14 nitrogen and oxygen atoms in total. The molecule has 12 atom stereocenters. The van der Waals surface area contributed by atoms with Crippen molar-refractivity contribution in [2.24, 2.45) is 0 Å². The van der Waals surface area contributed by atoms with Gasteiger partial charge in [-0.15, -0.1) is 0 Å². The van der Waals surface area contributed by atoms with E-state index in [1.165, 1.54) is 128 Å². The molecule has 2 heterocycles. The SMILES string of the molecule is CCCCCCCC/C=C\CCCCCCCC(=O)NC(COC1OC(CO)C(OC2OC(CO)C(O)C(O)C2O)C(O)C1O)C(O)/C=C/CC/C=C/CC/C=C/CCCCCCCCCCCCCCCC. The Morgan fingerprint density at radius 1 is 0.479 bits per heavy atom. The summed E-state index contributed by atoms with van der Waals surface area (Å²) in [5.74, 6) is -0.262. The Labute approximate surface area is 442 Å². The van der Waals surface area contributed by atoms with Gasteiger partial charge in [0.15, 0.2) is 12.6 Å². The van der Waals surface area contributed by atoms with Crippen molar-refractivity contribution >= 4 is 5.91 Å². The molecule has 14 heteroatoms. The quantitative estimate of drug-likeness (QED) is 0.0205. The number of rotatable bonds is 46. The predicted molar refractivity (Wildman–Crippen MR) is 291 cm³/mol. The van der Waals surface area contributed by atoms with Gasteiger partial charge in [0.2, 0.25) is 5.91 Å². The van der Waals surface area contributed by atoms with E-state index in [0.29, 0.717) is 12.8 Å². The molecule has 0 aliphatic carbocycles. The number of carbonyl (C=O) groups is 1. The van der Waals surface area contributed by atoms with Crippen LogP contribution in [0, 0.1) is 0 Å². The lowest BCUT2D eigenvalue weighted by Crippen LogP contribution is -2.65. The van der Waals surface area contributed by atoms with Crippen LogP contribution >= 0.6 is 0 Å². The van der Waals surface area contributed by atoms with Gasteiger partial charge in [-0.3, -0.25) is 4.79 Å². The van der Waals surface area contributed by atoms with Crippen LogP contribution in [0.4, 0.5) is 0 Å². The largest absolute Gasteiger partial charge is 0.394 e. The number of amides is 1. The normalized spacial score (nSPS) is 25.7. The van der Waals surface area contributed by atoms with E-state index in [1.54, 1.807) is 6.08 Å². The topological polar surface area (TPSA) is 228 Å². The zero-order valence-electron chi connectivity index (χ0n) is 45.6. The summed E-state index contributed by atoms with van der Waals surface area (Å²) in [7, 11) is 0. The molecule has 1 amide bonds. The number of ether oxygens (including phenoxy) is 4. The van der Waals surface area contributed by atoms with Crippen LogP contribution in [0.15, 0.2) is 48.6 Å². The number of unbranched alkanes of at least 4 members (excludes halogenated alkanes) is 27. The first-order chi connectivity index (χ1) is 35.6. The first-order valence-electron chi connectivity index (χ1n) is 29.4. The Morgan fingerprint density at radius 2 is 0.877 bits per heavy atom. The van der Waals surface area contributed by atoms with Crippen LogP contribution in [0.1, 0.15) is 226 Å². The van der Waals surface area contributed by atoms with Crippen molar-refractivity contribution in [3.8, 4) is 0 Å². The molecule has 2 saturated heterocycles. The third-order valence-electron chi connectivity index (χ3n) is 14.2. The average molecular weight is 1040 g/mol. The van der Waals surface area contributed by atoms with Gasteiger partial charge in [-0.25, -0.2) is 0 Å². The molecule has 0 radical (unpaired) electrons. The van der Waals surface area contributed by atoms with Crippen LogP contribution in [0.3, 0.4) is 0 Å². The van der Waals surface area contributed by atoms with Crippen LogP contribution in [0.25, 0.3) is 0 Å². The molecule has 2 aliphatic rings. The highest BCUT2D eigenvalue weighted by Crippen LogP contribution is 2.30. The van der Waals surface area contributed by atoms with Crippen molar-refractivity contribution < 1.29 is 64.6 Å². The molecular weight excluding hydrogens is 931 g/mol. The fourth-order valence-corrected chi connectivity index (χ4v) is 9.44. The Hall–Kier alpha value is -2.05. The molecule has 0 saturated carbocycles. The van der Waals surface area contributed by atoms with Crippen LogP contribution in [0.5, 0.6) is 0 Å². The molecule has 2 aliphatic heterocycles. The second-order valence-corrected chi connectivity index (χ2v) is 20.7. The van der Waals surface area contributed by atoms with Crippen molar-refractivity contribution in [2.45, 2.75) is 299 Å². The Kier molecular flexibility index (Phi) is 41.4. The fraction of sp³-hybridized carbons (Fsp3) is 0.847. The molecule has 12 unspecified atom stereocenters. The van der Waals surface area contributed by atoms with Gasteiger partial charge in [0.25, 0.3) is 0 Å². The third-order valence-corrected chi connectivity index (χ3v) is 14.2. The molecule has 0 aromatic heterocycles. The van der Waals surface area contributed by atoms with Crippen molar-refractivity contribution in [3.05, 3.63) is 48.6 Å². The molecule has 0 bridgehead atoms. The molecule has 2 fully saturated rings. The fourth-order valence-electron chi connectivity index (χ4n) is 9.44. The summed E-state index contributed by atoms with van der Waals surface area (Å²) < 4.78 is 22.7. The lowest BCUT2D eigenvalue weighted by atomic mass is 9.97. The molecular formula is C59H107NO13. The minimum Gasteiger partial charge on any atom is -0.394 e. The van der Waals surface area contributed by atoms with Crippen LogP contribution in [-0.4, -0.2) is 140 Å². The molecule has 73 heavy (non-hydrogen) atoms. The summed E-state index contributed by atoms with van der Waals surface area (Å²) in [6, 6.07) is -0.942. The van der Waals surface area contributed by atoms with Gasteiger partial charge in [0.05, 0.1) is 32.0 Å². The summed E-state index contributed by atoms with van der Waals surface area (Å²) in [5.41, 5.74) is 0. The Morgan fingerprint density at radius 3 is 1.34 bits per heavy atom. The Bertz CT molecular complexity index is 1410. The number of aliphatic hydroxyl groups excluding tert-OH is 8. The maximum atomic E-state index is 13.2. The van der Waals surface area contributed by atoms with E-state index in [1.807, 2.05) is 6.08 Å². The third kappa shape index (κ3) is 31.1. The smallest absolute Gasteiger partial charge is 0.220 e. The Balaban J connectivity index is 1.80. The first-order valence-corrected chi connectivity index (χ1v) is 29.4. The van der Waals surface area contributed by atoms with Gasteiger partial charge in [0, 0.05) is 6.42 Å². The van der Waals surface area contributed by atoms with Crippen molar-refractivity contribution in [1.29, 1.82) is 0 Å². The standard InChI is InChI=1S/C59H107NO13/c1-3-5-7-9-11-13-15-17-19-20-21-22-23-24-25-26-27-29-30-32-34-36-38-40-42-48(63)47(60-51(64)43-41-39-37-35-33-31-28-18-16-14-12-10-8-6-4-2)46-70-58-56(69)54(67)57(50(45-62)72-58)73-59-55(68)53(66)52(65)49(44-61)71-59/h18,26-28,32,34,40,42,47-50,52-59,61-63,65-69H,3-17,19-25,29-31,33,35-39,41,43-46H2,1-2H3,(H,60,64)/b27-26+,28-18-,34-32+,42-40+. The number of hydrogen-bond acceptors (Lipinski definition) is 13. The molecule has 0 aromatic rings. The summed E-state index contributed by atoms with van der Waals surface area (Å²) in [4.78, 5) is 13.2. The molecule has 2 rings (SSSR count). The summed E-state index contributed by atoms with van der Waals surface area (Å²) in [6.07, 6.45) is 38.7. The second-order valence-electron chi connectivity index (χ2n) is 20.7. The van der Waals surface area contributed by atoms with Gasteiger partial charge in [-0.2, -0.15) is 0 Å². The molecule has 9 N–H and O–H groups in total. The van der Waals surface area contributed by atoms with Crippen LogP contribution in [-0.2, 0) is 23.7 Å². The van der Waals surface area contributed by atoms with Crippen LogP contribution in [0.2, 0.25) is 0 Å². The first kappa shape index (κ1) is 67.1. The van der Waals surface area contributed by atoms with Crippen LogP contribution < -0.4 is 5.32 Å². The van der Waals surface area contributed by atoms with Gasteiger partial charge in [0.1, 0.15) is 48.8 Å². The number of nitrogens with one attached hydrogen (secondary N) is 1. The van der Waals surface area contributed by atoms with Gasteiger partial charge in [-0.05, 0) is 70.6 Å². The number of hydrogen-bond donors (Lipinski definition) is 9. The monoisotopic (exact) mass is 1040 g/mol. The van der Waals surface area contributed by atoms with E-state index in [4.69, 9.17) is 18.9 Å². The highest BCUT2D eigenvalue weighted by molar-refractivity contribution is 5.76. The van der Waals surface area contributed by atoms with Gasteiger partial charge in [-0.1, -0.05) is 197 Å². The zero-order valence-corrected chi connectivity index (χ0v) is 45.6. The maximum absolute atomic E-state index is 13.2. The van der Waals surface area contributed by atoms with Gasteiger partial charge < -0.3 is 65.1 Å². The number of allylic oxidation sites excluding steroid dienone is 7. The lowest BCUT2D eigenvalue weighted by molar-refractivity contribution is -0.359. The molecule has 0 spiro atoms. The van der Waals surface area contributed by atoms with E-state index in [-0.39, 0.29) is 18.9 Å². The number of aliphatic hydroxyl groups is 8. The summed E-state index contributed by atoms with van der Waals surface area (Å²) >= 11 is 0. The highest BCUT2D eigenvalue weighted by atomic mass is 16.7. The van der Waals surface area contributed by atoms with E-state index in [0.717, 1.165) is 64.2 Å². The number of carbonyl (C=O) groups excluding carboxylic acids is 1. The minimum atomic E-state index is -1.79. The summed E-state index contributed by atoms with van der Waals surface area (Å²) in [5, 5.41) is 87.0. The van der Waals surface area contributed by atoms with E-state index in [9.17, 15) is 45.6 Å². The lowest BCUT2D eigenvalue weighted by Gasteiger charge is -2.46. The van der Waals surface area contributed by atoms with E-state index >= 15 is 0 Å². The van der Waals surface area contributed by atoms with Crippen molar-refractivity contribution in [3.63, 3.8) is 0 Å². The molecule has 426 valence electrons. The van der Waals surface area contributed by atoms with E-state index < -0.39 is 86.8 Å². The van der Waals surface area contributed by atoms with Crippen molar-refractivity contribution in [2.75, 3.05) is 19.8 Å². The molecule has 0 aromatic carbocycles. The predicted octanol–water partition coefficient (Wildman–Crippen LogP) is 9.61. The zero-order chi connectivity index (χ0) is 53.2. The van der Waals surface area contributed by atoms with Gasteiger partial charge >= 0.3 is 0 Å². The maximum Gasteiger partial charge on any atom is 0.220 e. The summed E-state index contributed by atoms with van der Waals surface area (Å²) in [6.45, 7) is 2.76. The minimum absolute atomic E-state index is 0.259. The van der Waals surface area contributed by atoms with Crippen molar-refractivity contribution in [1.82, 2.24) is 5.32 Å². The second kappa shape index (κ2) is 45.0. The average Bonchev–Trinajstić information content (AvgIpc) is 3.39.